The number of aromatic carboxylic acids is 1. The van der Waals surface area contributed by atoms with E-state index in [4.69, 9.17) is 9.84 Å². The molecule has 2 heterocycles. The van der Waals surface area contributed by atoms with Gasteiger partial charge in [0.05, 0.1) is 30.0 Å². The van der Waals surface area contributed by atoms with E-state index in [9.17, 15) is 9.59 Å². The molecule has 6 nitrogen and oxygen atoms in total. The zero-order valence-electron chi connectivity index (χ0n) is 11.7. The van der Waals surface area contributed by atoms with E-state index >= 15 is 0 Å². The summed E-state index contributed by atoms with van der Waals surface area (Å²) in [7, 11) is 0. The normalized spacial score (nSPS) is 29.1. The highest BCUT2D eigenvalue weighted by Gasteiger charge is 2.41. The Balaban J connectivity index is 2.06. The van der Waals surface area contributed by atoms with Gasteiger partial charge in [-0.1, -0.05) is 6.92 Å². The average molecular weight is 278 g/mol. The molecule has 1 amide bonds. The Labute approximate surface area is 117 Å². The molecule has 0 radical (unpaired) electrons. The molecular weight excluding hydrogens is 260 g/mol. The van der Waals surface area contributed by atoms with Gasteiger partial charge in [-0.05, 0) is 31.9 Å². The molecule has 4 atom stereocenters. The molecular formula is C14H18N2O4. The molecule has 2 N–H and O–H groups in total. The Bertz CT molecular complexity index is 514. The summed E-state index contributed by atoms with van der Waals surface area (Å²) in [6.07, 6.45) is 1.26. The standard InChI is InChI=1S/C14H18N2O4/c1-7-8(2)20-9(3)12(7)13(17)16-10-4-5-11(14(18)19)15-6-10/h4-9,12H,1-3H3,(H,16,17)(H,18,19). The summed E-state index contributed by atoms with van der Waals surface area (Å²) in [5, 5.41) is 11.5. The molecule has 1 aliphatic rings. The van der Waals surface area contributed by atoms with Crippen LogP contribution in [0.1, 0.15) is 31.3 Å². The first-order valence-corrected chi connectivity index (χ1v) is 6.56. The number of hydrogen-bond donors (Lipinski definition) is 2. The minimum atomic E-state index is -1.09. The Morgan fingerprint density at radius 3 is 2.40 bits per heavy atom. The van der Waals surface area contributed by atoms with Gasteiger partial charge in [0.1, 0.15) is 5.69 Å². The SMILES string of the molecule is CC1OC(C)C(C(=O)Nc2ccc(C(=O)O)nc2)C1C. The van der Waals surface area contributed by atoms with Gasteiger partial charge in [0, 0.05) is 0 Å². The van der Waals surface area contributed by atoms with E-state index in [1.165, 1.54) is 18.3 Å². The molecule has 0 aromatic carbocycles. The largest absolute Gasteiger partial charge is 0.477 e. The maximum Gasteiger partial charge on any atom is 0.354 e. The number of aromatic nitrogens is 1. The molecule has 1 saturated heterocycles. The van der Waals surface area contributed by atoms with E-state index in [1.807, 2.05) is 20.8 Å². The molecule has 0 spiro atoms. The van der Waals surface area contributed by atoms with Gasteiger partial charge in [-0.3, -0.25) is 4.79 Å². The van der Waals surface area contributed by atoms with E-state index < -0.39 is 5.97 Å². The predicted molar refractivity (Wildman–Crippen MR) is 72.5 cm³/mol. The van der Waals surface area contributed by atoms with Crippen LogP contribution in [0.3, 0.4) is 0 Å². The molecule has 0 bridgehead atoms. The minimum absolute atomic E-state index is 0.0493. The number of carboxylic acids is 1. The van der Waals surface area contributed by atoms with Gasteiger partial charge in [0.25, 0.3) is 0 Å². The van der Waals surface area contributed by atoms with Crippen LogP contribution in [0.15, 0.2) is 18.3 Å². The number of anilines is 1. The van der Waals surface area contributed by atoms with Gasteiger partial charge in [0.2, 0.25) is 5.91 Å². The highest BCUT2D eigenvalue weighted by atomic mass is 16.5. The van der Waals surface area contributed by atoms with Crippen LogP contribution in [0.25, 0.3) is 0 Å². The van der Waals surface area contributed by atoms with E-state index in [0.29, 0.717) is 5.69 Å². The summed E-state index contributed by atoms with van der Waals surface area (Å²) in [5.74, 6) is -1.30. The van der Waals surface area contributed by atoms with Gasteiger partial charge < -0.3 is 15.2 Å². The summed E-state index contributed by atoms with van der Waals surface area (Å²) in [6.45, 7) is 5.83. The number of pyridine rings is 1. The third-order valence-corrected chi connectivity index (χ3v) is 3.79. The molecule has 0 saturated carbocycles. The van der Waals surface area contributed by atoms with Crippen molar-refractivity contribution in [1.82, 2.24) is 4.98 Å². The molecule has 6 heteroatoms. The summed E-state index contributed by atoms with van der Waals surface area (Å²) in [4.78, 5) is 26.7. The number of ether oxygens (including phenoxy) is 1. The lowest BCUT2D eigenvalue weighted by Gasteiger charge is -2.17. The number of amides is 1. The van der Waals surface area contributed by atoms with Crippen LogP contribution in [0, 0.1) is 11.8 Å². The first kappa shape index (κ1) is 14.5. The van der Waals surface area contributed by atoms with Gasteiger partial charge in [0.15, 0.2) is 0 Å². The molecule has 2 rings (SSSR count). The molecule has 1 aromatic heterocycles. The van der Waals surface area contributed by atoms with Crippen molar-refractivity contribution < 1.29 is 19.4 Å². The van der Waals surface area contributed by atoms with Gasteiger partial charge in [-0.2, -0.15) is 0 Å². The second-order valence-electron chi connectivity index (χ2n) is 5.16. The van der Waals surface area contributed by atoms with Crippen molar-refractivity contribution >= 4 is 17.6 Å². The molecule has 4 unspecified atom stereocenters. The monoisotopic (exact) mass is 278 g/mol. The second kappa shape index (κ2) is 5.58. The van der Waals surface area contributed by atoms with Crippen molar-refractivity contribution in [3.8, 4) is 0 Å². The Morgan fingerprint density at radius 1 is 1.25 bits per heavy atom. The van der Waals surface area contributed by atoms with E-state index in [2.05, 4.69) is 10.3 Å². The smallest absolute Gasteiger partial charge is 0.354 e. The fourth-order valence-electron chi connectivity index (χ4n) is 2.54. The van der Waals surface area contributed by atoms with Crippen LogP contribution in [-0.4, -0.2) is 34.2 Å². The number of carbonyl (C=O) groups is 2. The van der Waals surface area contributed by atoms with Crippen LogP contribution in [-0.2, 0) is 9.53 Å². The summed E-state index contributed by atoms with van der Waals surface area (Å²) >= 11 is 0. The van der Waals surface area contributed by atoms with E-state index in [-0.39, 0.29) is 35.6 Å². The number of carboxylic acid groups (broad SMARTS) is 1. The highest BCUT2D eigenvalue weighted by molar-refractivity contribution is 5.93. The third-order valence-electron chi connectivity index (χ3n) is 3.79. The first-order valence-electron chi connectivity index (χ1n) is 6.56. The maximum absolute atomic E-state index is 12.3. The number of nitrogens with one attached hydrogen (secondary N) is 1. The quantitative estimate of drug-likeness (QED) is 0.879. The minimum Gasteiger partial charge on any atom is -0.477 e. The Morgan fingerprint density at radius 2 is 1.95 bits per heavy atom. The molecule has 1 fully saturated rings. The summed E-state index contributed by atoms with van der Waals surface area (Å²) < 4.78 is 5.64. The van der Waals surface area contributed by atoms with Gasteiger partial charge >= 0.3 is 5.97 Å². The molecule has 108 valence electrons. The lowest BCUT2D eigenvalue weighted by molar-refractivity contribution is -0.121. The van der Waals surface area contributed by atoms with Crippen LogP contribution in [0.4, 0.5) is 5.69 Å². The summed E-state index contributed by atoms with van der Waals surface area (Å²) in [5.41, 5.74) is 0.432. The first-order chi connectivity index (χ1) is 9.40. The fourth-order valence-corrected chi connectivity index (χ4v) is 2.54. The number of rotatable bonds is 3. The lowest BCUT2D eigenvalue weighted by atomic mass is 9.89. The van der Waals surface area contributed by atoms with E-state index in [0.717, 1.165) is 0 Å². The van der Waals surface area contributed by atoms with Crippen molar-refractivity contribution in [3.63, 3.8) is 0 Å². The van der Waals surface area contributed by atoms with Gasteiger partial charge in [-0.15, -0.1) is 0 Å². The van der Waals surface area contributed by atoms with Crippen molar-refractivity contribution in [1.29, 1.82) is 0 Å². The Kier molecular flexibility index (Phi) is 4.04. The van der Waals surface area contributed by atoms with Crippen LogP contribution >= 0.6 is 0 Å². The number of hydrogen-bond acceptors (Lipinski definition) is 4. The third kappa shape index (κ3) is 2.80. The average Bonchev–Trinajstić information content (AvgIpc) is 2.63. The predicted octanol–water partition coefficient (Wildman–Crippen LogP) is 1.78. The fraction of sp³-hybridized carbons (Fsp3) is 0.500. The number of carbonyl (C=O) groups excluding carboxylic acids is 1. The van der Waals surface area contributed by atoms with Crippen LogP contribution in [0.2, 0.25) is 0 Å². The Hall–Kier alpha value is -1.95. The molecule has 0 aliphatic carbocycles. The van der Waals surface area contributed by atoms with Crippen LogP contribution < -0.4 is 5.32 Å². The number of nitrogens with zero attached hydrogens (tertiary/aromatic N) is 1. The second-order valence-corrected chi connectivity index (χ2v) is 5.16. The van der Waals surface area contributed by atoms with Crippen LogP contribution in [0.5, 0.6) is 0 Å². The molecule has 1 aromatic rings. The van der Waals surface area contributed by atoms with Crippen molar-refractivity contribution in [3.05, 3.63) is 24.0 Å². The lowest BCUT2D eigenvalue weighted by Crippen LogP contribution is -2.32. The molecule has 1 aliphatic heterocycles. The maximum atomic E-state index is 12.3. The zero-order chi connectivity index (χ0) is 14.9. The van der Waals surface area contributed by atoms with Crippen molar-refractivity contribution in [2.24, 2.45) is 11.8 Å². The summed E-state index contributed by atoms with van der Waals surface area (Å²) in [6, 6.07) is 2.89. The molecule has 20 heavy (non-hydrogen) atoms. The highest BCUT2D eigenvalue weighted by Crippen LogP contribution is 2.32. The topological polar surface area (TPSA) is 88.5 Å². The van der Waals surface area contributed by atoms with Crippen molar-refractivity contribution in [2.45, 2.75) is 33.0 Å². The zero-order valence-corrected chi connectivity index (χ0v) is 11.7. The van der Waals surface area contributed by atoms with Crippen molar-refractivity contribution in [2.75, 3.05) is 5.32 Å². The van der Waals surface area contributed by atoms with E-state index in [1.54, 1.807) is 0 Å². The van der Waals surface area contributed by atoms with Gasteiger partial charge in [-0.25, -0.2) is 9.78 Å².